The quantitative estimate of drug-likeness (QED) is 0.620. The third kappa shape index (κ3) is 4.40. The molecule has 6 nitrogen and oxygen atoms in total. The van der Waals surface area contributed by atoms with Crippen molar-refractivity contribution >= 4 is 5.91 Å². The van der Waals surface area contributed by atoms with Crippen molar-refractivity contribution in [1.29, 1.82) is 0 Å². The van der Waals surface area contributed by atoms with Crippen molar-refractivity contribution in [1.82, 2.24) is 9.88 Å². The second kappa shape index (κ2) is 8.49. The van der Waals surface area contributed by atoms with Gasteiger partial charge >= 0.3 is 0 Å². The van der Waals surface area contributed by atoms with E-state index in [1.807, 2.05) is 49.4 Å². The number of aromatic nitrogens is 1. The first-order valence-corrected chi connectivity index (χ1v) is 8.48. The molecule has 0 aliphatic carbocycles. The number of hydrogen-bond acceptors (Lipinski definition) is 5. The molecule has 0 aliphatic rings. The van der Waals surface area contributed by atoms with Crippen LogP contribution >= 0.6 is 0 Å². The number of benzene rings is 1. The highest BCUT2D eigenvalue weighted by atomic mass is 16.5. The molecule has 0 fully saturated rings. The lowest BCUT2D eigenvalue weighted by molar-refractivity contribution is -0.132. The lowest BCUT2D eigenvalue weighted by Gasteiger charge is -2.21. The first kappa shape index (κ1) is 17.9. The molecule has 0 atom stereocenters. The van der Waals surface area contributed by atoms with E-state index >= 15 is 0 Å². The van der Waals surface area contributed by atoms with Crippen LogP contribution in [-0.2, 0) is 22.5 Å². The van der Waals surface area contributed by atoms with Gasteiger partial charge in [-0.25, -0.2) is 4.98 Å². The molecule has 0 N–H and O–H groups in total. The molecule has 1 amide bonds. The molecule has 0 radical (unpaired) electrons. The van der Waals surface area contributed by atoms with Crippen LogP contribution in [0.1, 0.15) is 17.2 Å². The van der Waals surface area contributed by atoms with E-state index in [0.717, 1.165) is 11.3 Å². The van der Waals surface area contributed by atoms with E-state index in [0.29, 0.717) is 37.0 Å². The highest BCUT2D eigenvalue weighted by molar-refractivity contribution is 5.78. The molecule has 136 valence electrons. The minimum Gasteiger partial charge on any atom is -0.467 e. The van der Waals surface area contributed by atoms with Crippen molar-refractivity contribution in [2.45, 2.75) is 19.9 Å². The lowest BCUT2D eigenvalue weighted by atomic mass is 10.2. The molecule has 0 bridgehead atoms. The number of ether oxygens (including phenoxy) is 1. The van der Waals surface area contributed by atoms with Crippen molar-refractivity contribution in [2.75, 3.05) is 20.3 Å². The number of carbonyl (C=O) groups excluding carboxylic acids is 1. The van der Waals surface area contributed by atoms with Gasteiger partial charge in [0.05, 0.1) is 31.5 Å². The SMILES string of the molecule is COCCN(Cc1ccco1)C(=O)Cc1nc(-c2ccccc2)oc1C. The van der Waals surface area contributed by atoms with Crippen LogP contribution in [0.2, 0.25) is 0 Å². The zero-order chi connectivity index (χ0) is 18.4. The fourth-order valence-electron chi connectivity index (χ4n) is 2.64. The molecule has 6 heteroatoms. The van der Waals surface area contributed by atoms with Crippen LogP contribution in [-0.4, -0.2) is 36.1 Å². The first-order chi connectivity index (χ1) is 12.7. The number of hydrogen-bond donors (Lipinski definition) is 0. The van der Waals surface area contributed by atoms with E-state index in [1.54, 1.807) is 18.3 Å². The Kier molecular flexibility index (Phi) is 5.86. The number of furan rings is 1. The van der Waals surface area contributed by atoms with Crippen LogP contribution in [0, 0.1) is 6.92 Å². The van der Waals surface area contributed by atoms with Gasteiger partial charge in [-0.2, -0.15) is 0 Å². The van der Waals surface area contributed by atoms with Crippen molar-refractivity contribution in [2.24, 2.45) is 0 Å². The number of carbonyl (C=O) groups is 1. The molecule has 0 spiro atoms. The average Bonchev–Trinajstić information content (AvgIpc) is 3.29. The maximum Gasteiger partial charge on any atom is 0.229 e. The van der Waals surface area contributed by atoms with Gasteiger partial charge in [-0.1, -0.05) is 18.2 Å². The topological polar surface area (TPSA) is 68.7 Å². The number of oxazole rings is 1. The Bertz CT molecular complexity index is 825. The molecular weight excluding hydrogens is 332 g/mol. The summed E-state index contributed by atoms with van der Waals surface area (Å²) in [5.41, 5.74) is 1.54. The Balaban J connectivity index is 1.73. The lowest BCUT2D eigenvalue weighted by Crippen LogP contribution is -2.34. The molecule has 0 unspecified atom stereocenters. The fraction of sp³-hybridized carbons (Fsp3) is 0.300. The largest absolute Gasteiger partial charge is 0.467 e. The minimum absolute atomic E-state index is 0.0468. The smallest absolute Gasteiger partial charge is 0.229 e. The van der Waals surface area contributed by atoms with Gasteiger partial charge in [-0.3, -0.25) is 4.79 Å². The van der Waals surface area contributed by atoms with E-state index < -0.39 is 0 Å². The average molecular weight is 354 g/mol. The molecule has 0 aliphatic heterocycles. The van der Waals surface area contributed by atoms with Gasteiger partial charge in [-0.05, 0) is 31.2 Å². The maximum absolute atomic E-state index is 12.8. The third-order valence-electron chi connectivity index (χ3n) is 4.08. The number of amides is 1. The molecular formula is C20H22N2O4. The summed E-state index contributed by atoms with van der Waals surface area (Å²) in [7, 11) is 1.61. The van der Waals surface area contributed by atoms with E-state index in [2.05, 4.69) is 4.98 Å². The zero-order valence-electron chi connectivity index (χ0n) is 15.0. The molecule has 2 heterocycles. The van der Waals surface area contributed by atoms with E-state index in [9.17, 15) is 4.79 Å². The normalized spacial score (nSPS) is 10.8. The fourth-order valence-corrected chi connectivity index (χ4v) is 2.64. The summed E-state index contributed by atoms with van der Waals surface area (Å²) in [6.07, 6.45) is 1.77. The van der Waals surface area contributed by atoms with E-state index in [-0.39, 0.29) is 12.3 Å². The summed E-state index contributed by atoms with van der Waals surface area (Å²) in [5, 5.41) is 0. The molecule has 3 aromatic rings. The molecule has 3 rings (SSSR count). The highest BCUT2D eigenvalue weighted by Crippen LogP contribution is 2.22. The van der Waals surface area contributed by atoms with Crippen LogP contribution in [0.4, 0.5) is 0 Å². The first-order valence-electron chi connectivity index (χ1n) is 8.48. The monoisotopic (exact) mass is 354 g/mol. The molecule has 2 aromatic heterocycles. The number of rotatable bonds is 8. The maximum atomic E-state index is 12.8. The van der Waals surface area contributed by atoms with Crippen molar-refractivity contribution in [3.8, 4) is 11.5 Å². The van der Waals surface area contributed by atoms with Crippen molar-refractivity contribution < 1.29 is 18.4 Å². The Hall–Kier alpha value is -2.86. The van der Waals surface area contributed by atoms with E-state index in [1.165, 1.54) is 0 Å². The number of aryl methyl sites for hydroxylation is 1. The zero-order valence-corrected chi connectivity index (χ0v) is 15.0. The second-order valence-corrected chi connectivity index (χ2v) is 5.95. The van der Waals surface area contributed by atoms with Gasteiger partial charge in [0.15, 0.2) is 0 Å². The van der Waals surface area contributed by atoms with Crippen LogP contribution < -0.4 is 0 Å². The standard InChI is InChI=1S/C20H22N2O4/c1-15-18(21-20(26-15)16-7-4-3-5-8-16)13-19(23)22(10-12-24-2)14-17-9-6-11-25-17/h3-9,11H,10,12-14H2,1-2H3. The van der Waals surface area contributed by atoms with E-state index in [4.69, 9.17) is 13.6 Å². The summed E-state index contributed by atoms with van der Waals surface area (Å²) in [4.78, 5) is 19.0. The molecule has 0 saturated carbocycles. The summed E-state index contributed by atoms with van der Waals surface area (Å²) < 4.78 is 16.2. The molecule has 1 aromatic carbocycles. The Morgan fingerprint density at radius 3 is 2.69 bits per heavy atom. The van der Waals surface area contributed by atoms with Gasteiger partial charge in [0.1, 0.15) is 11.5 Å². The Morgan fingerprint density at radius 1 is 1.19 bits per heavy atom. The number of methoxy groups -OCH3 is 1. The van der Waals surface area contributed by atoms with Gasteiger partial charge < -0.3 is 18.5 Å². The van der Waals surface area contributed by atoms with Crippen LogP contribution in [0.25, 0.3) is 11.5 Å². The second-order valence-electron chi connectivity index (χ2n) is 5.95. The Labute approximate surface area is 152 Å². The van der Waals surface area contributed by atoms with Gasteiger partial charge in [0.25, 0.3) is 0 Å². The predicted octanol–water partition coefficient (Wildman–Crippen LogP) is 3.46. The molecule has 0 saturated heterocycles. The van der Waals surface area contributed by atoms with Crippen LogP contribution in [0.3, 0.4) is 0 Å². The van der Waals surface area contributed by atoms with Gasteiger partial charge in [0, 0.05) is 19.2 Å². The van der Waals surface area contributed by atoms with Crippen molar-refractivity contribution in [3.05, 3.63) is 65.9 Å². The Morgan fingerprint density at radius 2 is 2.00 bits per heavy atom. The summed E-state index contributed by atoms with van der Waals surface area (Å²) in [6, 6.07) is 13.3. The molecule has 26 heavy (non-hydrogen) atoms. The van der Waals surface area contributed by atoms with Gasteiger partial charge in [0.2, 0.25) is 11.8 Å². The van der Waals surface area contributed by atoms with Crippen LogP contribution in [0.5, 0.6) is 0 Å². The third-order valence-corrected chi connectivity index (χ3v) is 4.08. The summed E-state index contributed by atoms with van der Waals surface area (Å²) in [5.74, 6) is 1.87. The summed E-state index contributed by atoms with van der Waals surface area (Å²) in [6.45, 7) is 3.17. The highest BCUT2D eigenvalue weighted by Gasteiger charge is 2.20. The minimum atomic E-state index is -0.0468. The predicted molar refractivity (Wildman–Crippen MR) is 96.4 cm³/mol. The van der Waals surface area contributed by atoms with Crippen LogP contribution in [0.15, 0.2) is 57.6 Å². The summed E-state index contributed by atoms with van der Waals surface area (Å²) >= 11 is 0. The number of nitrogens with zero attached hydrogens (tertiary/aromatic N) is 2. The van der Waals surface area contributed by atoms with Crippen molar-refractivity contribution in [3.63, 3.8) is 0 Å². The van der Waals surface area contributed by atoms with Gasteiger partial charge in [-0.15, -0.1) is 0 Å².